The van der Waals surface area contributed by atoms with Gasteiger partial charge in [0.15, 0.2) is 0 Å². The summed E-state index contributed by atoms with van der Waals surface area (Å²) in [6.45, 7) is 5.42. The number of carbonyl (C=O) groups excluding carboxylic acids is 3. The molecule has 2 aromatic carbocycles. The van der Waals surface area contributed by atoms with E-state index in [4.69, 9.17) is 10.5 Å². The minimum absolute atomic E-state index is 0.0573. The van der Waals surface area contributed by atoms with Crippen LogP contribution in [0.2, 0.25) is 0 Å². The van der Waals surface area contributed by atoms with Crippen LogP contribution in [0.5, 0.6) is 0 Å². The van der Waals surface area contributed by atoms with E-state index in [9.17, 15) is 14.4 Å². The van der Waals surface area contributed by atoms with Gasteiger partial charge in [-0.05, 0) is 57.2 Å². The number of anilines is 3. The number of amides is 2. The molecule has 0 aromatic heterocycles. The molecule has 152 valence electrons. The van der Waals surface area contributed by atoms with Crippen molar-refractivity contribution in [2.24, 2.45) is 0 Å². The first-order valence-corrected chi connectivity index (χ1v) is 9.49. The Morgan fingerprint density at radius 3 is 2.31 bits per heavy atom. The summed E-state index contributed by atoms with van der Waals surface area (Å²) in [6.07, 6.45) is 0.0573. The van der Waals surface area contributed by atoms with Gasteiger partial charge in [0.1, 0.15) is 6.54 Å². The van der Waals surface area contributed by atoms with E-state index in [1.54, 1.807) is 60.4 Å². The highest BCUT2D eigenvalue weighted by molar-refractivity contribution is 6.13. The molecule has 0 aliphatic carbocycles. The van der Waals surface area contributed by atoms with Gasteiger partial charge in [0.05, 0.1) is 29.9 Å². The second kappa shape index (κ2) is 7.95. The minimum atomic E-state index is -0.810. The van der Waals surface area contributed by atoms with Crippen LogP contribution in [-0.4, -0.2) is 36.5 Å². The average molecular weight is 395 g/mol. The third-order valence-electron chi connectivity index (χ3n) is 4.86. The molecule has 0 spiro atoms. The second-order valence-electron chi connectivity index (χ2n) is 7.53. The van der Waals surface area contributed by atoms with Gasteiger partial charge < -0.3 is 15.4 Å². The number of hydrogen-bond donors (Lipinski definition) is 1. The maximum atomic E-state index is 13.4. The Kier molecular flexibility index (Phi) is 5.59. The molecule has 3 rings (SSSR count). The van der Waals surface area contributed by atoms with E-state index in [0.717, 1.165) is 0 Å². The van der Waals surface area contributed by atoms with Gasteiger partial charge in [-0.1, -0.05) is 12.1 Å². The molecule has 0 saturated carbocycles. The fourth-order valence-corrected chi connectivity index (χ4v) is 3.53. The molecule has 0 radical (unpaired) electrons. The Balaban J connectivity index is 2.10. The predicted octanol–water partition coefficient (Wildman–Crippen LogP) is 2.99. The maximum Gasteiger partial charge on any atom is 0.326 e. The molecule has 1 heterocycles. The molecule has 0 saturated heterocycles. The van der Waals surface area contributed by atoms with Crippen LogP contribution in [-0.2, 0) is 14.3 Å². The Labute approximate surface area is 170 Å². The standard InChI is InChI=1S/C22H25N3O4/c1-4-29-20(27)14-24-17-7-5-6-8-18(17)25(22(2,3)13-19(24)26)21(28)15-9-11-16(23)12-10-15/h5-12H,4,13-14,23H2,1-3H3. The van der Waals surface area contributed by atoms with Gasteiger partial charge in [0.2, 0.25) is 5.91 Å². The lowest BCUT2D eigenvalue weighted by Gasteiger charge is -2.37. The van der Waals surface area contributed by atoms with Crippen LogP contribution < -0.4 is 15.5 Å². The lowest BCUT2D eigenvalue weighted by molar-refractivity contribution is -0.142. The van der Waals surface area contributed by atoms with E-state index in [0.29, 0.717) is 22.6 Å². The summed E-state index contributed by atoms with van der Waals surface area (Å²) < 4.78 is 5.03. The van der Waals surface area contributed by atoms with Crippen molar-refractivity contribution >= 4 is 34.8 Å². The molecule has 0 fully saturated rings. The molecular weight excluding hydrogens is 370 g/mol. The van der Waals surface area contributed by atoms with Crippen LogP contribution in [0, 0.1) is 0 Å². The number of nitrogens with two attached hydrogens (primary N) is 1. The van der Waals surface area contributed by atoms with E-state index >= 15 is 0 Å². The van der Waals surface area contributed by atoms with Gasteiger partial charge in [0.25, 0.3) is 5.91 Å². The highest BCUT2D eigenvalue weighted by Crippen LogP contribution is 2.40. The zero-order valence-corrected chi connectivity index (χ0v) is 16.8. The number of nitrogens with zero attached hydrogens (tertiary/aromatic N) is 2. The van der Waals surface area contributed by atoms with Crippen molar-refractivity contribution in [2.75, 3.05) is 28.7 Å². The first-order chi connectivity index (χ1) is 13.7. The number of esters is 1. The molecule has 2 amide bonds. The molecule has 0 unspecified atom stereocenters. The van der Waals surface area contributed by atoms with Gasteiger partial charge in [-0.3, -0.25) is 19.3 Å². The molecule has 0 atom stereocenters. The number of nitrogen functional groups attached to an aromatic ring is 1. The number of carbonyl (C=O) groups is 3. The quantitative estimate of drug-likeness (QED) is 0.635. The van der Waals surface area contributed by atoms with Crippen LogP contribution in [0.25, 0.3) is 0 Å². The number of rotatable bonds is 4. The van der Waals surface area contributed by atoms with Crippen molar-refractivity contribution in [1.82, 2.24) is 0 Å². The van der Waals surface area contributed by atoms with E-state index in [-0.39, 0.29) is 31.4 Å². The molecule has 7 nitrogen and oxygen atoms in total. The lowest BCUT2D eigenvalue weighted by Crippen LogP contribution is -2.49. The summed E-state index contributed by atoms with van der Waals surface area (Å²) in [6, 6.07) is 13.8. The van der Waals surface area contributed by atoms with Crippen molar-refractivity contribution in [2.45, 2.75) is 32.7 Å². The highest BCUT2D eigenvalue weighted by atomic mass is 16.5. The normalized spacial score (nSPS) is 15.5. The first kappa shape index (κ1) is 20.4. The van der Waals surface area contributed by atoms with Crippen molar-refractivity contribution in [3.05, 3.63) is 54.1 Å². The zero-order chi connectivity index (χ0) is 21.2. The molecular formula is C22H25N3O4. The minimum Gasteiger partial charge on any atom is -0.465 e. The largest absolute Gasteiger partial charge is 0.465 e. The molecule has 2 N–H and O–H groups in total. The van der Waals surface area contributed by atoms with E-state index in [1.807, 2.05) is 13.8 Å². The predicted molar refractivity (Wildman–Crippen MR) is 112 cm³/mol. The fourth-order valence-electron chi connectivity index (χ4n) is 3.53. The Hall–Kier alpha value is -3.35. The SMILES string of the molecule is CCOC(=O)CN1C(=O)CC(C)(C)N(C(=O)c2ccc(N)cc2)c2ccccc21. The summed E-state index contributed by atoms with van der Waals surface area (Å²) in [5.74, 6) is -0.983. The summed E-state index contributed by atoms with van der Waals surface area (Å²) in [4.78, 5) is 41.6. The average Bonchev–Trinajstić information content (AvgIpc) is 2.74. The summed E-state index contributed by atoms with van der Waals surface area (Å²) in [5, 5.41) is 0. The van der Waals surface area contributed by atoms with Crippen LogP contribution >= 0.6 is 0 Å². The fraction of sp³-hybridized carbons (Fsp3) is 0.318. The van der Waals surface area contributed by atoms with Crippen LogP contribution in [0.1, 0.15) is 37.6 Å². The summed E-state index contributed by atoms with van der Waals surface area (Å²) in [5.41, 5.74) is 7.03. The second-order valence-corrected chi connectivity index (χ2v) is 7.53. The smallest absolute Gasteiger partial charge is 0.326 e. The van der Waals surface area contributed by atoms with Gasteiger partial charge in [0, 0.05) is 11.3 Å². The third-order valence-corrected chi connectivity index (χ3v) is 4.86. The van der Waals surface area contributed by atoms with Gasteiger partial charge >= 0.3 is 5.97 Å². The van der Waals surface area contributed by atoms with E-state index < -0.39 is 11.5 Å². The van der Waals surface area contributed by atoms with Gasteiger partial charge in [-0.25, -0.2) is 0 Å². The Morgan fingerprint density at radius 1 is 1.07 bits per heavy atom. The van der Waals surface area contributed by atoms with Crippen LogP contribution in [0.15, 0.2) is 48.5 Å². The highest BCUT2D eigenvalue weighted by Gasteiger charge is 2.41. The third kappa shape index (κ3) is 4.08. The number of fused-ring (bicyclic) bond motifs is 1. The lowest BCUT2D eigenvalue weighted by atomic mass is 9.96. The first-order valence-electron chi connectivity index (χ1n) is 9.49. The Bertz CT molecular complexity index is 937. The van der Waals surface area contributed by atoms with E-state index in [2.05, 4.69) is 0 Å². The summed E-state index contributed by atoms with van der Waals surface area (Å²) in [7, 11) is 0. The maximum absolute atomic E-state index is 13.4. The molecule has 0 bridgehead atoms. The summed E-state index contributed by atoms with van der Waals surface area (Å²) >= 11 is 0. The topological polar surface area (TPSA) is 92.9 Å². The van der Waals surface area contributed by atoms with Crippen molar-refractivity contribution < 1.29 is 19.1 Å². The van der Waals surface area contributed by atoms with E-state index in [1.165, 1.54) is 4.90 Å². The number of ether oxygens (including phenoxy) is 1. The number of hydrogen-bond acceptors (Lipinski definition) is 5. The molecule has 29 heavy (non-hydrogen) atoms. The van der Waals surface area contributed by atoms with Crippen LogP contribution in [0.3, 0.4) is 0 Å². The van der Waals surface area contributed by atoms with Crippen molar-refractivity contribution in [1.29, 1.82) is 0 Å². The molecule has 7 heteroatoms. The molecule has 1 aliphatic heterocycles. The monoisotopic (exact) mass is 395 g/mol. The van der Waals surface area contributed by atoms with Crippen molar-refractivity contribution in [3.63, 3.8) is 0 Å². The van der Waals surface area contributed by atoms with Crippen molar-refractivity contribution in [3.8, 4) is 0 Å². The molecule has 2 aromatic rings. The number of benzene rings is 2. The van der Waals surface area contributed by atoms with Gasteiger partial charge in [-0.2, -0.15) is 0 Å². The number of para-hydroxylation sites is 2. The van der Waals surface area contributed by atoms with Crippen LogP contribution in [0.4, 0.5) is 17.1 Å². The zero-order valence-electron chi connectivity index (χ0n) is 16.8. The van der Waals surface area contributed by atoms with Gasteiger partial charge in [-0.15, -0.1) is 0 Å². The molecule has 1 aliphatic rings. The Morgan fingerprint density at radius 2 is 1.69 bits per heavy atom.